The summed E-state index contributed by atoms with van der Waals surface area (Å²) in [5.41, 5.74) is 2.47. The van der Waals surface area contributed by atoms with Crippen molar-refractivity contribution in [3.05, 3.63) is 24.4 Å². The molecule has 0 bridgehead atoms. The van der Waals surface area contributed by atoms with E-state index in [1.807, 2.05) is 6.20 Å². The summed E-state index contributed by atoms with van der Waals surface area (Å²) >= 11 is 0. The van der Waals surface area contributed by atoms with Gasteiger partial charge in [0.05, 0.1) is 11.7 Å². The van der Waals surface area contributed by atoms with Crippen LogP contribution >= 0.6 is 0 Å². The third-order valence-corrected chi connectivity index (χ3v) is 1.91. The lowest BCUT2D eigenvalue weighted by atomic mass is 9.73. The summed E-state index contributed by atoms with van der Waals surface area (Å²) in [7, 11) is 1.08. The third-order valence-electron chi connectivity index (χ3n) is 1.91. The molecule has 0 saturated heterocycles. The molecular weight excluding hydrogens is 135 g/mol. The molecule has 1 aromatic heterocycles. The van der Waals surface area contributed by atoms with E-state index in [1.165, 1.54) is 10.8 Å². The van der Waals surface area contributed by atoms with Crippen molar-refractivity contribution in [1.82, 2.24) is 10.2 Å². The molecule has 3 heteroatoms. The van der Waals surface area contributed by atoms with Gasteiger partial charge < -0.3 is 0 Å². The predicted molar refractivity (Wildman–Crippen MR) is 48.7 cm³/mol. The zero-order valence-electron chi connectivity index (χ0n) is 6.46. The maximum atomic E-state index is 3.95. The van der Waals surface area contributed by atoms with Gasteiger partial charge in [0.15, 0.2) is 7.28 Å². The van der Waals surface area contributed by atoms with E-state index in [9.17, 15) is 0 Å². The highest BCUT2D eigenvalue weighted by Crippen LogP contribution is 2.06. The van der Waals surface area contributed by atoms with Crippen molar-refractivity contribution in [3.63, 3.8) is 0 Å². The molecule has 1 aromatic carbocycles. The molecule has 2 aromatic rings. The van der Waals surface area contributed by atoms with Crippen molar-refractivity contribution in [3.8, 4) is 0 Å². The summed E-state index contributed by atoms with van der Waals surface area (Å²) in [4.78, 5) is 0. The van der Waals surface area contributed by atoms with Gasteiger partial charge in [-0.25, -0.2) is 0 Å². The number of aromatic nitrogens is 2. The molecule has 0 unspecified atom stereocenters. The smallest absolute Gasteiger partial charge is 0.154 e. The Morgan fingerprint density at radius 1 is 1.45 bits per heavy atom. The van der Waals surface area contributed by atoms with Crippen molar-refractivity contribution < 1.29 is 0 Å². The van der Waals surface area contributed by atoms with Gasteiger partial charge >= 0.3 is 0 Å². The van der Waals surface area contributed by atoms with Gasteiger partial charge in [-0.05, 0) is 6.07 Å². The minimum atomic E-state index is 1.08. The van der Waals surface area contributed by atoms with Crippen molar-refractivity contribution >= 4 is 23.6 Å². The minimum absolute atomic E-state index is 1.08. The number of aromatic amines is 1. The molecule has 0 spiro atoms. The monoisotopic (exact) mass is 144 g/mol. The van der Waals surface area contributed by atoms with Gasteiger partial charge in [0.2, 0.25) is 0 Å². The quantitative estimate of drug-likeness (QED) is 0.585. The molecule has 54 valence electrons. The topological polar surface area (TPSA) is 28.7 Å². The largest absolute Gasteiger partial charge is 0.278 e. The number of nitrogens with one attached hydrogen (secondary N) is 1. The van der Waals surface area contributed by atoms with Gasteiger partial charge in [0, 0.05) is 5.39 Å². The van der Waals surface area contributed by atoms with E-state index in [0.717, 1.165) is 12.8 Å². The Morgan fingerprint density at radius 2 is 2.36 bits per heavy atom. The molecule has 2 nitrogen and oxygen atoms in total. The first kappa shape index (κ1) is 6.46. The number of rotatable bonds is 1. The second-order valence-corrected chi connectivity index (χ2v) is 2.65. The fourth-order valence-electron chi connectivity index (χ4n) is 1.21. The van der Waals surface area contributed by atoms with Crippen LogP contribution in [0.15, 0.2) is 24.4 Å². The van der Waals surface area contributed by atoms with E-state index in [0.29, 0.717) is 0 Å². The first-order chi connectivity index (χ1) is 5.40. The standard InChI is InChI=1S/C8H9BN2/c1-9-7-2-3-8-6(4-7)5-10-11-8/h2-5,9H,1H3,(H,10,11). The van der Waals surface area contributed by atoms with E-state index >= 15 is 0 Å². The highest BCUT2D eigenvalue weighted by molar-refractivity contribution is 6.52. The zero-order valence-corrected chi connectivity index (χ0v) is 6.46. The van der Waals surface area contributed by atoms with Crippen molar-refractivity contribution in [2.75, 3.05) is 0 Å². The van der Waals surface area contributed by atoms with Crippen LogP contribution in [0, 0.1) is 0 Å². The lowest BCUT2D eigenvalue weighted by molar-refractivity contribution is 1.12. The van der Waals surface area contributed by atoms with Crippen LogP contribution < -0.4 is 5.46 Å². The summed E-state index contributed by atoms with van der Waals surface area (Å²) in [5, 5.41) is 8.07. The molecule has 0 aliphatic heterocycles. The van der Waals surface area contributed by atoms with Crippen LogP contribution in [-0.2, 0) is 0 Å². The zero-order chi connectivity index (χ0) is 7.68. The van der Waals surface area contributed by atoms with Crippen LogP contribution in [0.1, 0.15) is 0 Å². The van der Waals surface area contributed by atoms with E-state index in [1.54, 1.807) is 0 Å². The molecule has 2 rings (SSSR count). The van der Waals surface area contributed by atoms with E-state index in [4.69, 9.17) is 0 Å². The summed E-state index contributed by atoms with van der Waals surface area (Å²) in [6, 6.07) is 6.36. The minimum Gasteiger partial charge on any atom is -0.278 e. The van der Waals surface area contributed by atoms with Crippen molar-refractivity contribution in [2.24, 2.45) is 0 Å². The molecule has 1 N–H and O–H groups in total. The molecule has 0 aliphatic carbocycles. The number of hydrogen-bond acceptors (Lipinski definition) is 1. The highest BCUT2D eigenvalue weighted by Gasteiger charge is 1.95. The maximum Gasteiger partial charge on any atom is 0.154 e. The van der Waals surface area contributed by atoms with Gasteiger partial charge in [-0.15, -0.1) is 0 Å². The van der Waals surface area contributed by atoms with Crippen LogP contribution in [0.3, 0.4) is 0 Å². The summed E-state index contributed by atoms with van der Waals surface area (Å²) < 4.78 is 0. The number of fused-ring (bicyclic) bond motifs is 1. The molecule has 0 atom stereocenters. The van der Waals surface area contributed by atoms with Gasteiger partial charge in [0.25, 0.3) is 0 Å². The molecule has 0 aliphatic rings. The van der Waals surface area contributed by atoms with E-state index in [2.05, 4.69) is 35.2 Å². The molecule has 1 heterocycles. The Morgan fingerprint density at radius 3 is 3.18 bits per heavy atom. The van der Waals surface area contributed by atoms with E-state index < -0.39 is 0 Å². The summed E-state index contributed by atoms with van der Waals surface area (Å²) in [5.74, 6) is 0. The molecule has 0 amide bonds. The average molecular weight is 144 g/mol. The number of nitrogens with zero attached hydrogens (tertiary/aromatic N) is 1. The van der Waals surface area contributed by atoms with Crippen molar-refractivity contribution in [2.45, 2.75) is 6.82 Å². The fourth-order valence-corrected chi connectivity index (χ4v) is 1.21. The second-order valence-electron chi connectivity index (χ2n) is 2.65. The number of hydrogen-bond donors (Lipinski definition) is 1. The summed E-state index contributed by atoms with van der Waals surface area (Å²) in [6.45, 7) is 2.15. The lowest BCUT2D eigenvalue weighted by Crippen LogP contribution is -2.08. The number of H-pyrrole nitrogens is 1. The molecule has 0 saturated carbocycles. The first-order valence-electron chi connectivity index (χ1n) is 3.82. The van der Waals surface area contributed by atoms with Crippen LogP contribution in [0.25, 0.3) is 10.9 Å². The SMILES string of the molecule is CBc1ccc2[nH]ncc2c1. The lowest BCUT2D eigenvalue weighted by Gasteiger charge is -1.93. The van der Waals surface area contributed by atoms with Crippen LogP contribution in [0.5, 0.6) is 0 Å². The highest BCUT2D eigenvalue weighted by atomic mass is 15.1. The van der Waals surface area contributed by atoms with Crippen LogP contribution in [0.2, 0.25) is 6.82 Å². The Labute approximate surface area is 65.9 Å². The fraction of sp³-hybridized carbons (Fsp3) is 0.125. The Kier molecular flexibility index (Phi) is 1.42. The first-order valence-corrected chi connectivity index (χ1v) is 3.82. The number of benzene rings is 1. The molecular formula is C8H9BN2. The average Bonchev–Trinajstić information content (AvgIpc) is 2.50. The van der Waals surface area contributed by atoms with Gasteiger partial charge in [0.1, 0.15) is 0 Å². The van der Waals surface area contributed by atoms with Gasteiger partial charge in [-0.1, -0.05) is 24.4 Å². The van der Waals surface area contributed by atoms with Crippen LogP contribution in [-0.4, -0.2) is 17.5 Å². The Bertz CT molecular complexity index is 367. The summed E-state index contributed by atoms with van der Waals surface area (Å²) in [6.07, 6.45) is 1.86. The Balaban J connectivity index is 2.67. The predicted octanol–water partition coefficient (Wildman–Crippen LogP) is 0.673. The normalized spacial score (nSPS) is 10.3. The molecule has 0 radical (unpaired) electrons. The molecule has 11 heavy (non-hydrogen) atoms. The van der Waals surface area contributed by atoms with E-state index in [-0.39, 0.29) is 0 Å². The Hall–Kier alpha value is -1.25. The third kappa shape index (κ3) is 1.02. The molecule has 0 fully saturated rings. The van der Waals surface area contributed by atoms with Crippen molar-refractivity contribution in [1.29, 1.82) is 0 Å². The van der Waals surface area contributed by atoms with Gasteiger partial charge in [-0.2, -0.15) is 5.10 Å². The van der Waals surface area contributed by atoms with Gasteiger partial charge in [-0.3, -0.25) is 5.10 Å². The second kappa shape index (κ2) is 2.42. The maximum absolute atomic E-state index is 3.95. The van der Waals surface area contributed by atoms with Crippen LogP contribution in [0.4, 0.5) is 0 Å².